The molecular weight excluding hydrogens is 436 g/mol. The number of hydrogen-bond acceptors (Lipinski definition) is 6. The summed E-state index contributed by atoms with van der Waals surface area (Å²) < 4.78 is 10.5. The smallest absolute Gasteiger partial charge is 0.329 e. The molecule has 0 radical (unpaired) electrons. The lowest BCUT2D eigenvalue weighted by Crippen LogP contribution is -2.37. The minimum absolute atomic E-state index is 0.0897. The van der Waals surface area contributed by atoms with Crippen LogP contribution in [0.15, 0.2) is 76.4 Å². The molecular formula is C22H19ClN4O5. The molecule has 0 unspecified atom stereocenters. The van der Waals surface area contributed by atoms with Gasteiger partial charge in [0.1, 0.15) is 11.5 Å². The number of para-hydroxylation sites is 1. The van der Waals surface area contributed by atoms with Crippen LogP contribution in [0.4, 0.5) is 5.69 Å². The number of benzene rings is 2. The number of carbonyl (C=O) groups excluding carboxylic acids is 3. The second-order valence-corrected chi connectivity index (χ2v) is 6.76. The number of hydrazone groups is 1. The normalized spacial score (nSPS) is 10.5. The van der Waals surface area contributed by atoms with Crippen LogP contribution in [0.2, 0.25) is 5.02 Å². The first kappa shape index (κ1) is 22.6. The number of hydrogen-bond donors (Lipinski definition) is 3. The summed E-state index contributed by atoms with van der Waals surface area (Å²) in [4.78, 5) is 35.5. The third-order valence-electron chi connectivity index (χ3n) is 3.97. The SMILES string of the molecule is O=C(COc1cccc(/C=N\NC(=O)C(=O)NCc2ccco2)c1)Nc1ccccc1Cl. The van der Waals surface area contributed by atoms with Crippen LogP contribution >= 0.6 is 11.6 Å². The Morgan fingerprint density at radius 1 is 1.03 bits per heavy atom. The standard InChI is InChI=1S/C22H19ClN4O5/c23-18-8-1-2-9-19(18)26-20(28)14-32-16-6-3-5-15(11-16)12-25-27-22(30)21(29)24-13-17-7-4-10-31-17/h1-12H,13-14H2,(H,24,29)(H,26,28)(H,27,30)/b25-12-. The first-order chi connectivity index (χ1) is 15.5. The van der Waals surface area contributed by atoms with Gasteiger partial charge in [-0.3, -0.25) is 14.4 Å². The molecule has 0 bridgehead atoms. The molecule has 0 saturated carbocycles. The predicted octanol–water partition coefficient (Wildman–Crippen LogP) is 2.72. The van der Waals surface area contributed by atoms with Gasteiger partial charge in [0.05, 0.1) is 29.7 Å². The Labute approximate surface area is 188 Å². The summed E-state index contributed by atoms with van der Waals surface area (Å²) in [6.07, 6.45) is 2.81. The van der Waals surface area contributed by atoms with Gasteiger partial charge in [0, 0.05) is 0 Å². The number of nitrogens with one attached hydrogen (secondary N) is 3. The number of rotatable bonds is 8. The van der Waals surface area contributed by atoms with Crippen LogP contribution in [0.1, 0.15) is 11.3 Å². The highest BCUT2D eigenvalue weighted by molar-refractivity contribution is 6.35. The minimum Gasteiger partial charge on any atom is -0.484 e. The van der Waals surface area contributed by atoms with Gasteiger partial charge in [-0.25, -0.2) is 5.43 Å². The summed E-state index contributed by atoms with van der Waals surface area (Å²) in [7, 11) is 0. The zero-order valence-electron chi connectivity index (χ0n) is 16.7. The monoisotopic (exact) mass is 454 g/mol. The third-order valence-corrected chi connectivity index (χ3v) is 4.29. The van der Waals surface area contributed by atoms with Gasteiger partial charge in [-0.2, -0.15) is 5.10 Å². The Morgan fingerprint density at radius 2 is 1.88 bits per heavy atom. The Morgan fingerprint density at radius 3 is 2.66 bits per heavy atom. The van der Waals surface area contributed by atoms with E-state index in [1.165, 1.54) is 12.5 Å². The molecule has 3 N–H and O–H groups in total. The summed E-state index contributed by atoms with van der Waals surface area (Å²) in [6.45, 7) is -0.134. The number of halogens is 1. The number of furan rings is 1. The van der Waals surface area contributed by atoms with Crippen molar-refractivity contribution in [3.8, 4) is 5.75 Å². The molecule has 2 aromatic carbocycles. The fourth-order valence-electron chi connectivity index (χ4n) is 2.46. The Hall–Kier alpha value is -4.11. The molecule has 3 amide bonds. The highest BCUT2D eigenvalue weighted by Gasteiger charge is 2.12. The molecule has 3 rings (SSSR count). The lowest BCUT2D eigenvalue weighted by molar-refractivity contribution is -0.139. The van der Waals surface area contributed by atoms with Gasteiger partial charge < -0.3 is 19.8 Å². The van der Waals surface area contributed by atoms with Crippen molar-refractivity contribution < 1.29 is 23.5 Å². The van der Waals surface area contributed by atoms with Crippen molar-refractivity contribution in [3.05, 3.63) is 83.3 Å². The lowest BCUT2D eigenvalue weighted by Gasteiger charge is -2.09. The Bertz CT molecular complexity index is 1120. The van der Waals surface area contributed by atoms with Crippen molar-refractivity contribution >= 4 is 41.2 Å². The molecule has 1 aromatic heterocycles. The van der Waals surface area contributed by atoms with E-state index in [9.17, 15) is 14.4 Å². The van der Waals surface area contributed by atoms with Crippen molar-refractivity contribution in [1.82, 2.24) is 10.7 Å². The molecule has 0 atom stereocenters. The molecule has 0 aliphatic rings. The largest absolute Gasteiger partial charge is 0.484 e. The van der Waals surface area contributed by atoms with E-state index in [4.69, 9.17) is 20.8 Å². The Kier molecular flexibility index (Phi) is 7.99. The molecule has 0 spiro atoms. The minimum atomic E-state index is -0.920. The summed E-state index contributed by atoms with van der Waals surface area (Å²) in [5.41, 5.74) is 3.22. The number of carbonyl (C=O) groups is 3. The maximum absolute atomic E-state index is 12.0. The summed E-state index contributed by atoms with van der Waals surface area (Å²) >= 11 is 6.01. The van der Waals surface area contributed by atoms with Gasteiger partial charge >= 0.3 is 11.8 Å². The van der Waals surface area contributed by atoms with Gasteiger partial charge in [0.25, 0.3) is 5.91 Å². The van der Waals surface area contributed by atoms with Crippen LogP contribution in [0.5, 0.6) is 5.75 Å². The number of anilines is 1. The third kappa shape index (κ3) is 6.99. The zero-order valence-corrected chi connectivity index (χ0v) is 17.5. The Balaban J connectivity index is 1.45. The second-order valence-electron chi connectivity index (χ2n) is 6.35. The van der Waals surface area contributed by atoms with Gasteiger partial charge in [0.2, 0.25) is 0 Å². The van der Waals surface area contributed by atoms with Crippen LogP contribution < -0.4 is 20.8 Å². The van der Waals surface area contributed by atoms with E-state index in [0.717, 1.165) is 0 Å². The lowest BCUT2D eigenvalue weighted by atomic mass is 10.2. The maximum atomic E-state index is 12.0. The molecule has 1 heterocycles. The van der Waals surface area contributed by atoms with Crippen molar-refractivity contribution in [1.29, 1.82) is 0 Å². The van der Waals surface area contributed by atoms with E-state index >= 15 is 0 Å². The van der Waals surface area contributed by atoms with Gasteiger partial charge in [-0.1, -0.05) is 35.9 Å². The van der Waals surface area contributed by atoms with Crippen LogP contribution in [-0.4, -0.2) is 30.5 Å². The van der Waals surface area contributed by atoms with Crippen LogP contribution in [-0.2, 0) is 20.9 Å². The van der Waals surface area contributed by atoms with Crippen LogP contribution in [0.25, 0.3) is 0 Å². The van der Waals surface area contributed by atoms with E-state index in [2.05, 4.69) is 21.2 Å². The molecule has 0 aliphatic heterocycles. The number of ether oxygens (including phenoxy) is 1. The molecule has 0 fully saturated rings. The van der Waals surface area contributed by atoms with E-state index in [1.54, 1.807) is 60.7 Å². The highest BCUT2D eigenvalue weighted by Crippen LogP contribution is 2.20. The summed E-state index contributed by atoms with van der Waals surface area (Å²) in [5, 5.41) is 9.24. The maximum Gasteiger partial charge on any atom is 0.329 e. The molecule has 10 heteroatoms. The van der Waals surface area contributed by atoms with E-state index < -0.39 is 11.8 Å². The first-order valence-corrected chi connectivity index (χ1v) is 9.80. The van der Waals surface area contributed by atoms with Crippen LogP contribution in [0, 0.1) is 0 Å². The van der Waals surface area contributed by atoms with E-state index in [1.807, 2.05) is 0 Å². The summed E-state index contributed by atoms with van der Waals surface area (Å²) in [6, 6.07) is 16.9. The topological polar surface area (TPSA) is 122 Å². The fraction of sp³-hybridized carbons (Fsp3) is 0.0909. The molecule has 164 valence electrons. The van der Waals surface area contributed by atoms with Crippen LogP contribution in [0.3, 0.4) is 0 Å². The molecule has 9 nitrogen and oxygen atoms in total. The van der Waals surface area contributed by atoms with E-state index in [0.29, 0.717) is 27.8 Å². The second kappa shape index (κ2) is 11.3. The zero-order chi connectivity index (χ0) is 22.8. The number of nitrogens with zero attached hydrogens (tertiary/aromatic N) is 1. The van der Waals surface area contributed by atoms with Crippen molar-refractivity contribution in [2.75, 3.05) is 11.9 Å². The molecule has 32 heavy (non-hydrogen) atoms. The molecule has 3 aromatic rings. The van der Waals surface area contributed by atoms with Crippen molar-refractivity contribution in [2.45, 2.75) is 6.54 Å². The van der Waals surface area contributed by atoms with Gasteiger partial charge in [-0.05, 0) is 42.0 Å². The average molecular weight is 455 g/mol. The van der Waals surface area contributed by atoms with Gasteiger partial charge in [-0.15, -0.1) is 0 Å². The van der Waals surface area contributed by atoms with Crippen molar-refractivity contribution in [3.63, 3.8) is 0 Å². The molecule has 0 aliphatic carbocycles. The first-order valence-electron chi connectivity index (χ1n) is 9.42. The summed E-state index contributed by atoms with van der Waals surface area (Å²) in [5.74, 6) is -1.19. The van der Waals surface area contributed by atoms with E-state index in [-0.39, 0.29) is 19.1 Å². The van der Waals surface area contributed by atoms with Crippen molar-refractivity contribution in [2.24, 2.45) is 5.10 Å². The average Bonchev–Trinajstić information content (AvgIpc) is 3.31. The fourth-order valence-corrected chi connectivity index (χ4v) is 2.64. The van der Waals surface area contributed by atoms with Gasteiger partial charge in [0.15, 0.2) is 6.61 Å². The number of amides is 3. The molecule has 0 saturated heterocycles. The predicted molar refractivity (Wildman–Crippen MR) is 118 cm³/mol. The highest BCUT2D eigenvalue weighted by atomic mass is 35.5. The quantitative estimate of drug-likeness (QED) is 0.274.